The number of benzene rings is 2. The Balaban J connectivity index is 0.00000405. The first kappa shape index (κ1) is 32.5. The first-order chi connectivity index (χ1) is 19.7. The molecule has 3 aliphatic rings. The monoisotopic (exact) mass is 597 g/mol. The molecule has 0 bridgehead atoms. The molecule has 0 saturated carbocycles. The van der Waals surface area contributed by atoms with Crippen molar-refractivity contribution in [2.45, 2.75) is 110 Å². The minimum absolute atomic E-state index is 0. The maximum absolute atomic E-state index is 13.4. The van der Waals surface area contributed by atoms with E-state index in [1.165, 1.54) is 42.5 Å². The number of hydrogen-bond donors (Lipinski definition) is 0. The van der Waals surface area contributed by atoms with E-state index < -0.39 is 0 Å². The molecular formula is C36H49ClFNO3. The van der Waals surface area contributed by atoms with Gasteiger partial charge in [0.2, 0.25) is 0 Å². The number of carbonyl (C=O) groups excluding carboxylic acids is 1. The third-order valence-corrected chi connectivity index (χ3v) is 9.39. The maximum Gasteiger partial charge on any atom is 0.311 e. The smallest absolute Gasteiger partial charge is 0.311 e. The van der Waals surface area contributed by atoms with Crippen LogP contribution in [0.2, 0.25) is 0 Å². The highest BCUT2D eigenvalue weighted by Gasteiger charge is 2.39. The number of allylic oxidation sites excluding steroid dienone is 1. The Labute approximate surface area is 258 Å². The van der Waals surface area contributed by atoms with Gasteiger partial charge in [-0.05, 0) is 150 Å². The third kappa shape index (κ3) is 7.96. The summed E-state index contributed by atoms with van der Waals surface area (Å²) in [7, 11) is 0. The number of likely N-dealkylation sites (tertiary alicyclic amines) is 1. The van der Waals surface area contributed by atoms with Gasteiger partial charge in [0.25, 0.3) is 0 Å². The number of ether oxygens (including phenoxy) is 2. The van der Waals surface area contributed by atoms with Crippen LogP contribution in [0.4, 0.5) is 4.39 Å². The Kier molecular flexibility index (Phi) is 11.2. The summed E-state index contributed by atoms with van der Waals surface area (Å²) in [4.78, 5) is 15.6. The van der Waals surface area contributed by atoms with Crippen LogP contribution < -0.4 is 9.47 Å². The van der Waals surface area contributed by atoms with E-state index in [-0.39, 0.29) is 29.8 Å². The van der Waals surface area contributed by atoms with Gasteiger partial charge in [0.1, 0.15) is 22.9 Å². The molecule has 2 aromatic carbocycles. The molecular weight excluding hydrogens is 549 g/mol. The van der Waals surface area contributed by atoms with Crippen molar-refractivity contribution in [2.24, 2.45) is 5.92 Å². The second-order valence-electron chi connectivity index (χ2n) is 13.2. The summed E-state index contributed by atoms with van der Waals surface area (Å²) in [5.74, 6) is 2.11. The second-order valence-corrected chi connectivity index (χ2v) is 13.2. The van der Waals surface area contributed by atoms with Gasteiger partial charge in [-0.2, -0.15) is 0 Å². The van der Waals surface area contributed by atoms with Gasteiger partial charge in [0.15, 0.2) is 0 Å². The summed E-state index contributed by atoms with van der Waals surface area (Å²) in [6, 6.07) is 11.1. The van der Waals surface area contributed by atoms with Crippen molar-refractivity contribution in [3.05, 3.63) is 64.5 Å². The van der Waals surface area contributed by atoms with Crippen LogP contribution >= 0.6 is 12.4 Å². The number of aryl methyl sites for hydroxylation is 1. The van der Waals surface area contributed by atoms with E-state index in [9.17, 15) is 9.18 Å². The summed E-state index contributed by atoms with van der Waals surface area (Å²) in [5, 5.41) is 0. The number of carbonyl (C=O) groups is 1. The molecule has 5 rings (SSSR count). The fraction of sp³-hybridized carbons (Fsp3) is 0.583. The van der Waals surface area contributed by atoms with Crippen LogP contribution in [0.25, 0.3) is 5.57 Å². The number of rotatable bonds is 10. The molecule has 2 aliphatic heterocycles. The molecule has 2 aromatic rings. The molecule has 4 nitrogen and oxygen atoms in total. The zero-order valence-corrected chi connectivity index (χ0v) is 26.8. The zero-order valence-electron chi connectivity index (χ0n) is 26.0. The number of hydrogen-bond acceptors (Lipinski definition) is 4. The average Bonchev–Trinajstić information content (AvgIpc) is 2.93. The van der Waals surface area contributed by atoms with Crippen molar-refractivity contribution in [1.29, 1.82) is 0 Å². The summed E-state index contributed by atoms with van der Waals surface area (Å²) in [6.07, 6.45) is 11.1. The van der Waals surface area contributed by atoms with Crippen molar-refractivity contribution in [2.75, 3.05) is 19.6 Å². The lowest BCUT2D eigenvalue weighted by Crippen LogP contribution is -2.36. The summed E-state index contributed by atoms with van der Waals surface area (Å²) >= 11 is 0. The van der Waals surface area contributed by atoms with Crippen LogP contribution in [0.1, 0.15) is 115 Å². The molecule has 2 unspecified atom stereocenters. The van der Waals surface area contributed by atoms with Crippen LogP contribution in [0.5, 0.6) is 11.5 Å². The largest absolute Gasteiger partial charge is 0.483 e. The minimum Gasteiger partial charge on any atom is -0.483 e. The third-order valence-electron chi connectivity index (χ3n) is 9.39. The van der Waals surface area contributed by atoms with Crippen LogP contribution in [0, 0.1) is 11.7 Å². The Bertz CT molecular complexity index is 1250. The predicted octanol–water partition coefficient (Wildman–Crippen LogP) is 9.29. The van der Waals surface area contributed by atoms with E-state index in [1.807, 2.05) is 12.1 Å². The molecule has 2 heterocycles. The fourth-order valence-corrected chi connectivity index (χ4v) is 6.99. The number of halogens is 2. The van der Waals surface area contributed by atoms with Gasteiger partial charge in [0, 0.05) is 6.42 Å². The predicted molar refractivity (Wildman–Crippen MR) is 171 cm³/mol. The Hall–Kier alpha value is -2.37. The van der Waals surface area contributed by atoms with Gasteiger partial charge in [-0.1, -0.05) is 32.4 Å². The van der Waals surface area contributed by atoms with Crippen LogP contribution in [-0.4, -0.2) is 36.1 Å². The van der Waals surface area contributed by atoms with Crippen molar-refractivity contribution < 1.29 is 18.7 Å². The van der Waals surface area contributed by atoms with E-state index in [0.717, 1.165) is 87.0 Å². The highest BCUT2D eigenvalue weighted by atomic mass is 35.5. The minimum atomic E-state index is -0.367. The molecule has 1 aliphatic carbocycles. The molecule has 0 spiro atoms. The maximum atomic E-state index is 13.4. The van der Waals surface area contributed by atoms with Gasteiger partial charge < -0.3 is 14.4 Å². The highest BCUT2D eigenvalue weighted by Crippen LogP contribution is 2.52. The van der Waals surface area contributed by atoms with Crippen molar-refractivity contribution >= 4 is 23.9 Å². The summed E-state index contributed by atoms with van der Waals surface area (Å²) in [6.45, 7) is 12.1. The lowest BCUT2D eigenvalue weighted by atomic mass is 9.74. The molecule has 2 atom stereocenters. The van der Waals surface area contributed by atoms with Crippen molar-refractivity contribution in [1.82, 2.24) is 4.90 Å². The van der Waals surface area contributed by atoms with E-state index in [2.05, 4.69) is 44.7 Å². The average molecular weight is 598 g/mol. The van der Waals surface area contributed by atoms with Gasteiger partial charge in [-0.25, -0.2) is 4.39 Å². The highest BCUT2D eigenvalue weighted by molar-refractivity contribution is 5.85. The lowest BCUT2D eigenvalue weighted by Gasteiger charge is -2.41. The number of piperidine rings is 1. The first-order valence-corrected chi connectivity index (χ1v) is 16.0. The lowest BCUT2D eigenvalue weighted by molar-refractivity contribution is -0.134. The van der Waals surface area contributed by atoms with Crippen molar-refractivity contribution in [3.8, 4) is 11.5 Å². The van der Waals surface area contributed by atoms with E-state index in [1.54, 1.807) is 0 Å². The summed E-state index contributed by atoms with van der Waals surface area (Å²) < 4.78 is 26.2. The standard InChI is InChI=1S/C36H48FNO3.ClH/c1-25-13-18-31-30(22-25)35-32(40-34(39)12-9-21-38-19-6-5-7-20-38)23-27(24-33(35)41-36(31,3)4)11-8-10-26(2)28-14-16-29(37)17-15-28;/h14-17,23-26H,5-13,18-22H2,1-4H3;1H. The van der Waals surface area contributed by atoms with Crippen LogP contribution in [0.15, 0.2) is 42.0 Å². The molecule has 42 heavy (non-hydrogen) atoms. The SMILES string of the molecule is CC1CCC2=C(C1)c1c(OC(=O)CCCN3CCCCC3)cc(CCCC(C)c3ccc(F)cc3)cc1OC2(C)C.Cl. The molecule has 0 amide bonds. The second kappa shape index (κ2) is 14.4. The number of nitrogens with zero attached hydrogens (tertiary/aromatic N) is 1. The number of esters is 1. The first-order valence-electron chi connectivity index (χ1n) is 16.0. The molecule has 0 N–H and O–H groups in total. The molecule has 0 radical (unpaired) electrons. The topological polar surface area (TPSA) is 38.8 Å². The van der Waals surface area contributed by atoms with E-state index >= 15 is 0 Å². The van der Waals surface area contributed by atoms with E-state index in [0.29, 0.717) is 24.0 Å². The van der Waals surface area contributed by atoms with Gasteiger partial charge in [-0.3, -0.25) is 4.79 Å². The molecule has 230 valence electrons. The Morgan fingerprint density at radius 3 is 2.60 bits per heavy atom. The molecule has 0 aromatic heterocycles. The number of fused-ring (bicyclic) bond motifs is 2. The van der Waals surface area contributed by atoms with Gasteiger partial charge in [-0.15, -0.1) is 12.4 Å². The van der Waals surface area contributed by atoms with E-state index in [4.69, 9.17) is 9.47 Å². The fourth-order valence-electron chi connectivity index (χ4n) is 6.99. The Morgan fingerprint density at radius 1 is 1.12 bits per heavy atom. The molecule has 6 heteroatoms. The molecule has 1 fully saturated rings. The Morgan fingerprint density at radius 2 is 1.86 bits per heavy atom. The van der Waals surface area contributed by atoms with Crippen LogP contribution in [0.3, 0.4) is 0 Å². The normalized spacial score (nSPS) is 20.5. The molecule has 1 saturated heterocycles. The van der Waals surface area contributed by atoms with Gasteiger partial charge >= 0.3 is 5.97 Å². The van der Waals surface area contributed by atoms with Crippen molar-refractivity contribution in [3.63, 3.8) is 0 Å². The summed E-state index contributed by atoms with van der Waals surface area (Å²) in [5.41, 5.74) is 5.60. The quantitative estimate of drug-likeness (QED) is 0.202. The van der Waals surface area contributed by atoms with Crippen LogP contribution in [-0.2, 0) is 11.2 Å². The van der Waals surface area contributed by atoms with Gasteiger partial charge in [0.05, 0.1) is 5.56 Å². The zero-order chi connectivity index (χ0) is 29.0.